The Hall–Kier alpha value is -2.84. The second-order valence-electron chi connectivity index (χ2n) is 7.91. The van der Waals surface area contributed by atoms with Crippen molar-refractivity contribution in [3.05, 3.63) is 53.8 Å². The number of piperidine rings is 1. The molecule has 2 atom stereocenters. The number of hydrogen-bond acceptors (Lipinski definition) is 7. The number of nitrogens with zero attached hydrogens (tertiary/aromatic N) is 6. The van der Waals surface area contributed by atoms with Crippen molar-refractivity contribution in [2.24, 2.45) is 0 Å². The molecular formula is C20H22N8. The Morgan fingerprint density at radius 3 is 2.96 bits per heavy atom. The van der Waals surface area contributed by atoms with Gasteiger partial charge in [0.05, 0.1) is 17.4 Å². The van der Waals surface area contributed by atoms with Crippen LogP contribution in [0.15, 0.2) is 36.8 Å². The zero-order valence-electron chi connectivity index (χ0n) is 15.7. The molecule has 2 aliphatic heterocycles. The van der Waals surface area contributed by atoms with Crippen LogP contribution in [-0.2, 0) is 0 Å². The van der Waals surface area contributed by atoms with Gasteiger partial charge >= 0.3 is 0 Å². The molecule has 2 N–H and O–H groups in total. The third kappa shape index (κ3) is 2.68. The number of nitrogens with one attached hydrogen (secondary N) is 2. The molecule has 2 saturated heterocycles. The lowest BCUT2D eigenvalue weighted by Crippen LogP contribution is -2.37. The fourth-order valence-electron chi connectivity index (χ4n) is 4.24. The van der Waals surface area contributed by atoms with Crippen LogP contribution >= 0.6 is 0 Å². The second-order valence-corrected chi connectivity index (χ2v) is 7.91. The Bertz CT molecular complexity index is 1080. The van der Waals surface area contributed by atoms with Crippen molar-refractivity contribution in [1.82, 2.24) is 34.8 Å². The Balaban J connectivity index is 1.32. The summed E-state index contributed by atoms with van der Waals surface area (Å²) in [4.78, 5) is 16.2. The van der Waals surface area contributed by atoms with Gasteiger partial charge in [-0.15, -0.1) is 0 Å². The fraction of sp³-hybridized carbons (Fsp3) is 0.400. The van der Waals surface area contributed by atoms with Crippen LogP contribution in [0.25, 0.3) is 11.2 Å². The highest BCUT2D eigenvalue weighted by molar-refractivity contribution is 5.82. The van der Waals surface area contributed by atoms with Gasteiger partial charge in [0, 0.05) is 41.8 Å². The van der Waals surface area contributed by atoms with Crippen LogP contribution in [-0.4, -0.2) is 61.7 Å². The van der Waals surface area contributed by atoms with E-state index in [0.29, 0.717) is 12.1 Å². The number of fused-ring (bicyclic) bond motifs is 4. The lowest BCUT2D eigenvalue weighted by Gasteiger charge is -2.29. The summed E-state index contributed by atoms with van der Waals surface area (Å²) in [6, 6.07) is 5.07. The number of imidazole rings is 1. The summed E-state index contributed by atoms with van der Waals surface area (Å²) in [6.07, 6.45) is 10.1. The molecule has 0 amide bonds. The summed E-state index contributed by atoms with van der Waals surface area (Å²) in [6.45, 7) is 2.23. The lowest BCUT2D eigenvalue weighted by molar-refractivity contribution is 0.263. The van der Waals surface area contributed by atoms with Gasteiger partial charge in [-0.25, -0.2) is 19.5 Å². The van der Waals surface area contributed by atoms with Crippen LogP contribution in [0.1, 0.15) is 35.8 Å². The second kappa shape index (κ2) is 6.08. The van der Waals surface area contributed by atoms with E-state index in [0.717, 1.165) is 60.1 Å². The first kappa shape index (κ1) is 16.1. The van der Waals surface area contributed by atoms with Crippen molar-refractivity contribution >= 4 is 17.2 Å². The van der Waals surface area contributed by atoms with Gasteiger partial charge in [0.15, 0.2) is 5.65 Å². The van der Waals surface area contributed by atoms with E-state index in [1.807, 2.05) is 24.5 Å². The molecule has 2 fully saturated rings. The van der Waals surface area contributed by atoms with Gasteiger partial charge in [0.25, 0.3) is 0 Å². The maximum Gasteiger partial charge on any atom is 0.223 e. The summed E-state index contributed by atoms with van der Waals surface area (Å²) in [7, 11) is 2.17. The van der Waals surface area contributed by atoms with E-state index in [1.165, 1.54) is 0 Å². The van der Waals surface area contributed by atoms with E-state index >= 15 is 0 Å². The fourth-order valence-corrected chi connectivity index (χ4v) is 4.24. The summed E-state index contributed by atoms with van der Waals surface area (Å²) >= 11 is 0. The lowest BCUT2D eigenvalue weighted by atomic mass is 9.94. The summed E-state index contributed by atoms with van der Waals surface area (Å²) in [5.41, 5.74) is 4.98. The average molecular weight is 374 g/mol. The Morgan fingerprint density at radius 1 is 1.18 bits per heavy atom. The minimum atomic E-state index is 0.289. The molecule has 0 bridgehead atoms. The number of likely N-dealkylation sites (tertiary alicyclic amines) is 1. The minimum Gasteiger partial charge on any atom is -0.351 e. The van der Waals surface area contributed by atoms with E-state index in [1.54, 1.807) is 10.7 Å². The zero-order chi connectivity index (χ0) is 18.7. The molecule has 1 aliphatic carbocycles. The molecule has 3 aromatic heterocycles. The van der Waals surface area contributed by atoms with E-state index < -0.39 is 0 Å². The predicted molar refractivity (Wildman–Crippen MR) is 106 cm³/mol. The summed E-state index contributed by atoms with van der Waals surface area (Å²) < 4.78 is 1.80. The van der Waals surface area contributed by atoms with Crippen LogP contribution < -0.4 is 10.6 Å². The van der Waals surface area contributed by atoms with Crippen molar-refractivity contribution in [3.8, 4) is 0 Å². The van der Waals surface area contributed by atoms with Crippen LogP contribution in [0, 0.1) is 0 Å². The monoisotopic (exact) mass is 374 g/mol. The van der Waals surface area contributed by atoms with Crippen molar-refractivity contribution in [2.45, 2.75) is 31.0 Å². The van der Waals surface area contributed by atoms with E-state index in [2.05, 4.69) is 38.6 Å². The molecule has 8 heteroatoms. The molecule has 3 aliphatic rings. The molecule has 8 nitrogen and oxygen atoms in total. The normalized spacial score (nSPS) is 24.5. The largest absolute Gasteiger partial charge is 0.351 e. The Kier molecular flexibility index (Phi) is 3.51. The van der Waals surface area contributed by atoms with Gasteiger partial charge in [-0.3, -0.25) is 5.32 Å². The van der Waals surface area contributed by atoms with E-state index in [4.69, 9.17) is 10.1 Å². The van der Waals surface area contributed by atoms with E-state index in [9.17, 15) is 0 Å². The maximum atomic E-state index is 4.89. The van der Waals surface area contributed by atoms with E-state index in [-0.39, 0.29) is 6.04 Å². The smallest absolute Gasteiger partial charge is 0.223 e. The summed E-state index contributed by atoms with van der Waals surface area (Å²) in [5, 5.41) is 11.8. The Labute approximate surface area is 162 Å². The highest BCUT2D eigenvalue weighted by atomic mass is 15.2. The highest BCUT2D eigenvalue weighted by Gasteiger charge is 2.43. The molecule has 6 rings (SSSR count). The third-order valence-corrected chi connectivity index (χ3v) is 5.95. The predicted octanol–water partition coefficient (Wildman–Crippen LogP) is 1.48. The highest BCUT2D eigenvalue weighted by Crippen LogP contribution is 2.42. The number of aromatic nitrogens is 5. The first-order chi connectivity index (χ1) is 13.7. The Morgan fingerprint density at radius 2 is 2.07 bits per heavy atom. The maximum absolute atomic E-state index is 4.89. The average Bonchev–Trinajstić information content (AvgIpc) is 3.36. The zero-order valence-corrected chi connectivity index (χ0v) is 15.7. The first-order valence-corrected chi connectivity index (χ1v) is 9.86. The van der Waals surface area contributed by atoms with Crippen molar-refractivity contribution in [1.29, 1.82) is 0 Å². The quantitative estimate of drug-likeness (QED) is 0.671. The molecule has 0 aromatic carbocycles. The molecule has 0 saturated carbocycles. The van der Waals surface area contributed by atoms with Gasteiger partial charge in [-0.05, 0) is 45.1 Å². The van der Waals surface area contributed by atoms with Crippen LogP contribution in [0.4, 0.5) is 5.95 Å². The molecule has 1 unspecified atom stereocenters. The minimum absolute atomic E-state index is 0.289. The van der Waals surface area contributed by atoms with Crippen molar-refractivity contribution < 1.29 is 0 Å². The SMILES string of the molecule is CN1CCC(Nc2ncc3c(n2)C2N[C@H]2C=C3c2ccc3nccn3n2)CC1. The van der Waals surface area contributed by atoms with Crippen LogP contribution in [0.5, 0.6) is 0 Å². The molecule has 0 spiro atoms. The standard InChI is InChI=1S/C20H22N8/c1-27-7-4-12(5-8-27)23-20-22-11-14-13(10-16-19(24-16)18(14)25-20)15-2-3-17-21-6-9-28(17)26-15/h2-3,6,9-12,16,19,24H,4-5,7-8H2,1H3,(H,22,23,25)/t16-,19?/m0/s1. The van der Waals surface area contributed by atoms with Gasteiger partial charge in [-0.1, -0.05) is 6.08 Å². The molecule has 28 heavy (non-hydrogen) atoms. The van der Waals surface area contributed by atoms with Crippen molar-refractivity contribution in [2.75, 3.05) is 25.5 Å². The van der Waals surface area contributed by atoms with Gasteiger partial charge in [0.1, 0.15) is 0 Å². The number of hydrogen-bond donors (Lipinski definition) is 2. The third-order valence-electron chi connectivity index (χ3n) is 5.95. The van der Waals surface area contributed by atoms with Crippen LogP contribution in [0.2, 0.25) is 0 Å². The molecule has 3 aromatic rings. The first-order valence-electron chi connectivity index (χ1n) is 9.86. The topological polar surface area (TPSA) is 93.2 Å². The van der Waals surface area contributed by atoms with Gasteiger partial charge in [0.2, 0.25) is 5.95 Å². The van der Waals surface area contributed by atoms with Gasteiger partial charge < -0.3 is 10.2 Å². The molecule has 5 heterocycles. The number of rotatable bonds is 3. The van der Waals surface area contributed by atoms with Gasteiger partial charge in [-0.2, -0.15) is 5.10 Å². The molecular weight excluding hydrogens is 352 g/mol. The molecule has 0 radical (unpaired) electrons. The van der Waals surface area contributed by atoms with Crippen LogP contribution in [0.3, 0.4) is 0 Å². The number of anilines is 1. The van der Waals surface area contributed by atoms with Crippen molar-refractivity contribution in [3.63, 3.8) is 0 Å². The molecule has 142 valence electrons. The summed E-state index contributed by atoms with van der Waals surface area (Å²) in [5.74, 6) is 0.736.